The predicted molar refractivity (Wildman–Crippen MR) is 98.2 cm³/mol. The molecule has 0 spiro atoms. The van der Waals surface area contributed by atoms with Crippen LogP contribution in [0.5, 0.6) is 5.75 Å². The van der Waals surface area contributed by atoms with Crippen LogP contribution in [0.1, 0.15) is 37.5 Å². The van der Waals surface area contributed by atoms with Gasteiger partial charge >= 0.3 is 0 Å². The van der Waals surface area contributed by atoms with Crippen LogP contribution < -0.4 is 4.74 Å². The highest BCUT2D eigenvalue weighted by atomic mass is 16.5. The highest BCUT2D eigenvalue weighted by molar-refractivity contribution is 5.63. The molecule has 2 rings (SSSR count). The second kappa shape index (κ2) is 7.54. The summed E-state index contributed by atoms with van der Waals surface area (Å²) in [6, 6.07) is 16.0. The first-order valence-electron chi connectivity index (χ1n) is 7.67. The van der Waals surface area contributed by atoms with E-state index >= 15 is 0 Å². The maximum atomic E-state index is 5.16. The van der Waals surface area contributed by atoms with Crippen molar-refractivity contribution in [3.05, 3.63) is 71.0 Å². The third-order valence-electron chi connectivity index (χ3n) is 3.14. The van der Waals surface area contributed by atoms with E-state index in [0.29, 0.717) is 0 Å². The zero-order valence-corrected chi connectivity index (χ0v) is 14.2. The quantitative estimate of drug-likeness (QED) is 0.543. The highest BCUT2D eigenvalue weighted by Crippen LogP contribution is 2.14. The van der Waals surface area contributed by atoms with Gasteiger partial charge in [-0.15, -0.1) is 5.73 Å². The Labute approximate surface area is 139 Å². The smallest absolute Gasteiger partial charge is 0.118 e. The van der Waals surface area contributed by atoms with Gasteiger partial charge in [0.15, 0.2) is 0 Å². The van der Waals surface area contributed by atoms with Crippen LogP contribution in [0.15, 0.2) is 54.3 Å². The highest BCUT2D eigenvalue weighted by Gasteiger charge is 2.04. The first kappa shape index (κ1) is 16.7. The van der Waals surface area contributed by atoms with Crippen molar-refractivity contribution in [1.82, 2.24) is 0 Å². The minimum atomic E-state index is -0.00421. The predicted octanol–water partition coefficient (Wildman–Crippen LogP) is 5.42. The Kier molecular flexibility index (Phi) is 5.47. The first-order chi connectivity index (χ1) is 11.0. The summed E-state index contributed by atoms with van der Waals surface area (Å²) in [5.74, 6) is 7.40. The molecule has 0 bridgehead atoms. The van der Waals surface area contributed by atoms with Gasteiger partial charge in [-0.3, -0.25) is 0 Å². The standard InChI is InChI=1S/C22H22O/c1-22(2,3)17-16-20-10-6-5-9-19(20)11-7-8-18-12-14-21(23-4)15-13-18/h5-6,8-15H,1-4H3. The van der Waals surface area contributed by atoms with E-state index in [1.54, 1.807) is 7.11 Å². The molecule has 0 saturated carbocycles. The van der Waals surface area contributed by atoms with Crippen LogP contribution in [-0.2, 0) is 0 Å². The molecule has 0 aliphatic rings. The van der Waals surface area contributed by atoms with Crippen LogP contribution in [-0.4, -0.2) is 7.11 Å². The average molecular weight is 302 g/mol. The molecule has 2 aromatic rings. The zero-order valence-electron chi connectivity index (χ0n) is 14.2. The Bertz CT molecular complexity index is 771. The van der Waals surface area contributed by atoms with Crippen LogP contribution in [0, 0.1) is 17.3 Å². The molecular weight excluding hydrogens is 280 g/mol. The second-order valence-corrected chi connectivity index (χ2v) is 6.32. The van der Waals surface area contributed by atoms with Crippen molar-refractivity contribution in [3.8, 4) is 17.6 Å². The minimum absolute atomic E-state index is 0.00421. The van der Waals surface area contributed by atoms with Crippen LogP contribution >= 0.6 is 0 Å². The fourth-order valence-corrected chi connectivity index (χ4v) is 1.92. The van der Waals surface area contributed by atoms with E-state index in [4.69, 9.17) is 4.74 Å². The van der Waals surface area contributed by atoms with E-state index in [2.05, 4.69) is 44.4 Å². The van der Waals surface area contributed by atoms with E-state index < -0.39 is 0 Å². The lowest BCUT2D eigenvalue weighted by Crippen LogP contribution is -1.99. The van der Waals surface area contributed by atoms with Crippen molar-refractivity contribution in [2.24, 2.45) is 5.41 Å². The topological polar surface area (TPSA) is 9.23 Å². The molecule has 0 unspecified atom stereocenters. The summed E-state index contributed by atoms with van der Waals surface area (Å²) >= 11 is 0. The molecule has 0 atom stereocenters. The third-order valence-corrected chi connectivity index (χ3v) is 3.14. The molecule has 1 heteroatoms. The Morgan fingerprint density at radius 3 is 2.26 bits per heavy atom. The molecule has 116 valence electrons. The molecule has 0 N–H and O–H groups in total. The van der Waals surface area contributed by atoms with Crippen molar-refractivity contribution in [3.63, 3.8) is 0 Å². The molecule has 0 saturated heterocycles. The minimum Gasteiger partial charge on any atom is -0.497 e. The maximum Gasteiger partial charge on any atom is 0.118 e. The Hall–Kier alpha value is -2.68. The first-order valence-corrected chi connectivity index (χ1v) is 7.67. The maximum absolute atomic E-state index is 5.16. The lowest BCUT2D eigenvalue weighted by molar-refractivity contribution is 0.415. The number of rotatable bonds is 3. The summed E-state index contributed by atoms with van der Waals surface area (Å²) in [6.45, 7) is 6.34. The van der Waals surface area contributed by atoms with Gasteiger partial charge < -0.3 is 4.74 Å². The van der Waals surface area contributed by atoms with Gasteiger partial charge in [0, 0.05) is 11.0 Å². The summed E-state index contributed by atoms with van der Waals surface area (Å²) in [5.41, 5.74) is 6.42. The van der Waals surface area contributed by atoms with Crippen LogP contribution in [0.3, 0.4) is 0 Å². The summed E-state index contributed by atoms with van der Waals surface area (Å²) in [7, 11) is 1.67. The lowest BCUT2D eigenvalue weighted by Gasteiger charge is -2.07. The molecule has 0 aliphatic carbocycles. The van der Waals surface area contributed by atoms with Crippen LogP contribution in [0.4, 0.5) is 0 Å². The van der Waals surface area contributed by atoms with Crippen molar-refractivity contribution >= 4 is 12.2 Å². The second-order valence-electron chi connectivity index (χ2n) is 6.32. The fourth-order valence-electron chi connectivity index (χ4n) is 1.92. The van der Waals surface area contributed by atoms with Gasteiger partial charge in [0.25, 0.3) is 0 Å². The zero-order chi connectivity index (χ0) is 16.7. The van der Waals surface area contributed by atoms with E-state index in [1.165, 1.54) is 0 Å². The van der Waals surface area contributed by atoms with Crippen LogP contribution in [0.25, 0.3) is 12.2 Å². The van der Waals surface area contributed by atoms with Crippen molar-refractivity contribution in [2.75, 3.05) is 7.11 Å². The lowest BCUT2D eigenvalue weighted by atomic mass is 9.96. The Balaban J connectivity index is 2.24. The van der Waals surface area contributed by atoms with E-state index in [0.717, 1.165) is 22.4 Å². The molecule has 1 nitrogen and oxygen atoms in total. The summed E-state index contributed by atoms with van der Waals surface area (Å²) in [6.07, 6.45) is 3.92. The molecule has 0 aliphatic heterocycles. The number of hydrogen-bond donors (Lipinski definition) is 0. The number of benzene rings is 2. The van der Waals surface area contributed by atoms with Gasteiger partial charge in [-0.25, -0.2) is 0 Å². The molecule has 0 radical (unpaired) electrons. The van der Waals surface area contributed by atoms with Gasteiger partial charge in [0.05, 0.1) is 7.11 Å². The van der Waals surface area contributed by atoms with Gasteiger partial charge in [-0.05, 0) is 62.2 Å². The van der Waals surface area contributed by atoms with Gasteiger partial charge in [-0.1, -0.05) is 42.2 Å². The molecule has 0 amide bonds. The molecule has 2 aromatic carbocycles. The Morgan fingerprint density at radius 2 is 1.61 bits per heavy atom. The van der Waals surface area contributed by atoms with Gasteiger partial charge in [0.1, 0.15) is 5.75 Å². The SMILES string of the molecule is COc1ccc(C=C=Cc2ccccc2C#CC(C)(C)C)cc1. The van der Waals surface area contributed by atoms with Crippen LogP contribution in [0.2, 0.25) is 0 Å². The molecule has 0 aromatic heterocycles. The largest absolute Gasteiger partial charge is 0.497 e. The van der Waals surface area contributed by atoms with Crippen molar-refractivity contribution in [2.45, 2.75) is 20.8 Å². The number of hydrogen-bond acceptors (Lipinski definition) is 1. The van der Waals surface area contributed by atoms with Gasteiger partial charge in [0.2, 0.25) is 0 Å². The fraction of sp³-hybridized carbons (Fsp3) is 0.227. The van der Waals surface area contributed by atoms with Gasteiger partial charge in [-0.2, -0.15) is 0 Å². The Morgan fingerprint density at radius 1 is 0.913 bits per heavy atom. The average Bonchev–Trinajstić information content (AvgIpc) is 2.54. The molecule has 0 heterocycles. The molecule has 0 fully saturated rings. The van der Waals surface area contributed by atoms with Crippen molar-refractivity contribution in [1.29, 1.82) is 0 Å². The third kappa shape index (κ3) is 5.55. The summed E-state index contributed by atoms with van der Waals surface area (Å²) < 4.78 is 5.16. The number of methoxy groups -OCH3 is 1. The summed E-state index contributed by atoms with van der Waals surface area (Å²) in [5, 5.41) is 0. The monoisotopic (exact) mass is 302 g/mol. The molecular formula is C22H22O. The van der Waals surface area contributed by atoms with E-state index in [9.17, 15) is 0 Å². The van der Waals surface area contributed by atoms with Crippen molar-refractivity contribution < 1.29 is 4.74 Å². The van der Waals surface area contributed by atoms with E-state index in [-0.39, 0.29) is 5.41 Å². The molecule has 23 heavy (non-hydrogen) atoms. The number of ether oxygens (including phenoxy) is 1. The summed E-state index contributed by atoms with van der Waals surface area (Å²) in [4.78, 5) is 0. The van der Waals surface area contributed by atoms with E-state index in [1.807, 2.05) is 54.6 Å². The normalized spacial score (nSPS) is 10.1.